The Morgan fingerprint density at radius 3 is 2.60 bits per heavy atom. The first-order valence-electron chi connectivity index (χ1n) is 6.72. The Morgan fingerprint density at radius 1 is 1.25 bits per heavy atom. The maximum atomic E-state index is 14.2. The molecule has 108 valence electrons. The Labute approximate surface area is 117 Å². The van der Waals surface area contributed by atoms with Crippen molar-refractivity contribution in [3.63, 3.8) is 0 Å². The Morgan fingerprint density at radius 2 is 2.00 bits per heavy atom. The van der Waals surface area contributed by atoms with Gasteiger partial charge in [-0.15, -0.1) is 0 Å². The van der Waals surface area contributed by atoms with Gasteiger partial charge in [0.2, 0.25) is 0 Å². The number of nitrogens with one attached hydrogen (secondary N) is 1. The van der Waals surface area contributed by atoms with Gasteiger partial charge in [-0.25, -0.2) is 8.78 Å². The van der Waals surface area contributed by atoms with E-state index in [4.69, 9.17) is 0 Å². The van der Waals surface area contributed by atoms with Gasteiger partial charge in [0.05, 0.1) is 11.7 Å². The lowest BCUT2D eigenvalue weighted by Crippen LogP contribution is -2.25. The molecule has 1 aromatic heterocycles. The minimum atomic E-state index is -0.802. The largest absolute Gasteiger partial charge is 0.305 e. The van der Waals surface area contributed by atoms with Crippen LogP contribution < -0.4 is 5.32 Å². The first kappa shape index (κ1) is 14.7. The predicted molar refractivity (Wildman–Crippen MR) is 74.4 cm³/mol. The molecule has 1 heterocycles. The molecule has 0 aliphatic carbocycles. The first-order valence-corrected chi connectivity index (χ1v) is 6.72. The number of benzene rings is 1. The molecule has 0 radical (unpaired) electrons. The summed E-state index contributed by atoms with van der Waals surface area (Å²) in [6.07, 6.45) is 2.69. The molecule has 0 spiro atoms. The normalized spacial score (nSPS) is 12.7. The molecular formula is C15H19F2N3. The molecular weight excluding hydrogens is 260 g/mol. The molecule has 0 aliphatic heterocycles. The van der Waals surface area contributed by atoms with Gasteiger partial charge in [-0.2, -0.15) is 5.10 Å². The Hall–Kier alpha value is -1.75. The molecule has 3 nitrogen and oxygen atoms in total. The zero-order valence-electron chi connectivity index (χ0n) is 12.0. The molecule has 0 bridgehead atoms. The van der Waals surface area contributed by atoms with Crippen molar-refractivity contribution in [3.05, 3.63) is 52.9 Å². The van der Waals surface area contributed by atoms with E-state index in [1.54, 1.807) is 37.0 Å². The van der Waals surface area contributed by atoms with E-state index >= 15 is 0 Å². The van der Waals surface area contributed by atoms with Gasteiger partial charge >= 0.3 is 0 Å². The molecule has 2 rings (SSSR count). The highest BCUT2D eigenvalue weighted by atomic mass is 19.2. The Balaban J connectivity index is 2.43. The van der Waals surface area contributed by atoms with Crippen molar-refractivity contribution in [1.29, 1.82) is 0 Å². The smallest absolute Gasteiger partial charge is 0.164 e. The summed E-state index contributed by atoms with van der Waals surface area (Å²) < 4.78 is 29.6. The first-order chi connectivity index (χ1) is 9.54. The Kier molecular flexibility index (Phi) is 4.49. The molecule has 0 amide bonds. The maximum absolute atomic E-state index is 14.2. The quantitative estimate of drug-likeness (QED) is 0.911. The van der Waals surface area contributed by atoms with Gasteiger partial charge in [0.15, 0.2) is 11.6 Å². The number of aryl methyl sites for hydroxylation is 2. The number of aromatic nitrogens is 2. The number of rotatable bonds is 5. The lowest BCUT2D eigenvalue weighted by molar-refractivity contribution is 0.472. The van der Waals surface area contributed by atoms with E-state index in [2.05, 4.69) is 10.4 Å². The second-order valence-electron chi connectivity index (χ2n) is 4.90. The lowest BCUT2D eigenvalue weighted by atomic mass is 10.0. The van der Waals surface area contributed by atoms with Crippen LogP contribution in [0.3, 0.4) is 0 Å². The molecule has 1 unspecified atom stereocenters. The predicted octanol–water partition coefficient (Wildman–Crippen LogP) is 3.10. The van der Waals surface area contributed by atoms with E-state index in [-0.39, 0.29) is 0 Å². The number of hydrogen-bond acceptors (Lipinski definition) is 2. The van der Waals surface area contributed by atoms with Gasteiger partial charge in [-0.3, -0.25) is 4.68 Å². The van der Waals surface area contributed by atoms with E-state index in [0.29, 0.717) is 23.4 Å². The molecule has 2 aromatic rings. The van der Waals surface area contributed by atoms with Gasteiger partial charge in [-0.05, 0) is 31.5 Å². The molecule has 1 aromatic carbocycles. The monoisotopic (exact) mass is 279 g/mol. The SMILES string of the molecule is CCCNC(c1ccn(C)n1)c1ccc(C)c(F)c1F. The Bertz CT molecular complexity index is 593. The average Bonchev–Trinajstić information content (AvgIpc) is 2.85. The third-order valence-electron chi connectivity index (χ3n) is 3.24. The van der Waals surface area contributed by atoms with Crippen molar-refractivity contribution in [2.24, 2.45) is 7.05 Å². The molecule has 20 heavy (non-hydrogen) atoms. The third kappa shape index (κ3) is 2.88. The van der Waals surface area contributed by atoms with Crippen LogP contribution in [-0.4, -0.2) is 16.3 Å². The van der Waals surface area contributed by atoms with Crippen molar-refractivity contribution >= 4 is 0 Å². The molecule has 1 N–H and O–H groups in total. The van der Waals surface area contributed by atoms with E-state index in [9.17, 15) is 8.78 Å². The highest BCUT2D eigenvalue weighted by Gasteiger charge is 2.22. The van der Waals surface area contributed by atoms with E-state index in [1.165, 1.54) is 0 Å². The minimum Gasteiger partial charge on any atom is -0.305 e. The number of halogens is 2. The topological polar surface area (TPSA) is 29.9 Å². The van der Waals surface area contributed by atoms with Gasteiger partial charge in [0, 0.05) is 18.8 Å². The summed E-state index contributed by atoms with van der Waals surface area (Å²) >= 11 is 0. The van der Waals surface area contributed by atoms with Crippen molar-refractivity contribution < 1.29 is 8.78 Å². The number of nitrogens with zero attached hydrogens (tertiary/aromatic N) is 2. The number of hydrogen-bond donors (Lipinski definition) is 1. The van der Waals surface area contributed by atoms with Gasteiger partial charge < -0.3 is 5.32 Å². The average molecular weight is 279 g/mol. The van der Waals surface area contributed by atoms with E-state index in [0.717, 1.165) is 6.42 Å². The highest BCUT2D eigenvalue weighted by Crippen LogP contribution is 2.26. The van der Waals surface area contributed by atoms with Crippen LogP contribution in [0.1, 0.15) is 36.2 Å². The van der Waals surface area contributed by atoms with Crippen molar-refractivity contribution in [2.45, 2.75) is 26.3 Å². The van der Waals surface area contributed by atoms with E-state index < -0.39 is 17.7 Å². The zero-order valence-corrected chi connectivity index (χ0v) is 12.0. The summed E-state index contributed by atoms with van der Waals surface area (Å²) in [5.74, 6) is -1.59. The molecule has 0 saturated heterocycles. The summed E-state index contributed by atoms with van der Waals surface area (Å²) in [4.78, 5) is 0. The second kappa shape index (κ2) is 6.13. The van der Waals surface area contributed by atoms with Crippen LogP contribution in [0.5, 0.6) is 0 Å². The summed E-state index contributed by atoms with van der Waals surface area (Å²) in [7, 11) is 1.80. The fourth-order valence-electron chi connectivity index (χ4n) is 2.13. The van der Waals surface area contributed by atoms with Crippen LogP contribution in [0, 0.1) is 18.6 Å². The zero-order chi connectivity index (χ0) is 14.7. The van der Waals surface area contributed by atoms with Gasteiger partial charge in [0.25, 0.3) is 0 Å². The molecule has 1 atom stereocenters. The molecule has 0 aliphatic rings. The molecule has 0 saturated carbocycles. The van der Waals surface area contributed by atoms with Crippen LogP contribution in [0.25, 0.3) is 0 Å². The fraction of sp³-hybridized carbons (Fsp3) is 0.400. The summed E-state index contributed by atoms with van der Waals surface area (Å²) in [5.41, 5.74) is 1.28. The third-order valence-corrected chi connectivity index (χ3v) is 3.24. The van der Waals surface area contributed by atoms with Gasteiger partial charge in [0.1, 0.15) is 0 Å². The second-order valence-corrected chi connectivity index (χ2v) is 4.90. The van der Waals surface area contributed by atoms with Gasteiger partial charge in [-0.1, -0.05) is 19.1 Å². The maximum Gasteiger partial charge on any atom is 0.164 e. The minimum absolute atomic E-state index is 0.292. The van der Waals surface area contributed by atoms with Crippen LogP contribution in [0.15, 0.2) is 24.4 Å². The van der Waals surface area contributed by atoms with Crippen LogP contribution >= 0.6 is 0 Å². The van der Waals surface area contributed by atoms with Crippen LogP contribution in [0.2, 0.25) is 0 Å². The summed E-state index contributed by atoms with van der Waals surface area (Å²) in [6.45, 7) is 4.28. The lowest BCUT2D eigenvalue weighted by Gasteiger charge is -2.18. The van der Waals surface area contributed by atoms with Crippen LogP contribution in [-0.2, 0) is 7.05 Å². The standard InChI is InChI=1S/C15H19F2N3/c1-4-8-18-15(12-7-9-20(3)19-12)11-6-5-10(2)13(16)14(11)17/h5-7,9,15,18H,4,8H2,1-3H3. The van der Waals surface area contributed by atoms with E-state index in [1.807, 2.05) is 13.0 Å². The molecule has 0 fully saturated rings. The van der Waals surface area contributed by atoms with Crippen molar-refractivity contribution in [3.8, 4) is 0 Å². The van der Waals surface area contributed by atoms with Crippen molar-refractivity contribution in [2.75, 3.05) is 6.54 Å². The highest BCUT2D eigenvalue weighted by molar-refractivity contribution is 5.32. The fourth-order valence-corrected chi connectivity index (χ4v) is 2.13. The van der Waals surface area contributed by atoms with Crippen molar-refractivity contribution in [1.82, 2.24) is 15.1 Å². The summed E-state index contributed by atoms with van der Waals surface area (Å²) in [6, 6.07) is 4.59. The summed E-state index contributed by atoms with van der Waals surface area (Å²) in [5, 5.41) is 7.52. The molecule has 5 heteroatoms. The van der Waals surface area contributed by atoms with Crippen LogP contribution in [0.4, 0.5) is 8.78 Å².